The van der Waals surface area contributed by atoms with Gasteiger partial charge in [0.2, 0.25) is 0 Å². The van der Waals surface area contributed by atoms with E-state index in [0.717, 1.165) is 0 Å². The van der Waals surface area contributed by atoms with Gasteiger partial charge in [-0.05, 0) is 11.8 Å². The average molecular weight is 232 g/mol. The molecule has 6 atom stereocenters. The predicted octanol–water partition coefficient (Wildman–Crippen LogP) is 1.88. The maximum Gasteiger partial charge on any atom is 0.509 e. The molecule has 0 aromatic carbocycles. The van der Waals surface area contributed by atoms with Gasteiger partial charge in [0.05, 0.1) is 0 Å². The molecule has 1 aliphatic heterocycles. The quantitative estimate of drug-likeness (QED) is 0.472. The van der Waals surface area contributed by atoms with Gasteiger partial charge in [-0.3, -0.25) is 0 Å². The molecule has 1 saturated heterocycles. The predicted molar refractivity (Wildman–Crippen MR) is 43.2 cm³/mol. The van der Waals surface area contributed by atoms with Crippen LogP contribution in [0.25, 0.3) is 0 Å². The monoisotopic (exact) mass is 232 g/mol. The van der Waals surface area contributed by atoms with Crippen LogP contribution in [0.1, 0.15) is 0 Å². The molecule has 4 aliphatic rings. The van der Waals surface area contributed by atoms with Gasteiger partial charge in [0.1, 0.15) is 11.5 Å². The van der Waals surface area contributed by atoms with Crippen molar-refractivity contribution in [1.29, 1.82) is 0 Å². The smallest absolute Gasteiger partial charge is 0.427 e. The van der Waals surface area contributed by atoms with Gasteiger partial charge >= 0.3 is 12.3 Å². The summed E-state index contributed by atoms with van der Waals surface area (Å²) in [4.78, 5) is 10.9. The van der Waals surface area contributed by atoms with E-state index in [1.807, 2.05) is 0 Å². The number of rotatable bonds is 0. The van der Waals surface area contributed by atoms with Crippen molar-refractivity contribution in [2.24, 2.45) is 23.2 Å². The van der Waals surface area contributed by atoms with Gasteiger partial charge in [-0.25, -0.2) is 4.79 Å². The van der Waals surface area contributed by atoms with E-state index in [1.54, 1.807) is 6.08 Å². The van der Waals surface area contributed by atoms with E-state index in [4.69, 9.17) is 9.47 Å². The Morgan fingerprint density at radius 3 is 2.75 bits per heavy atom. The highest BCUT2D eigenvalue weighted by molar-refractivity contribution is 5.64. The van der Waals surface area contributed by atoms with Gasteiger partial charge in [0, 0.05) is 5.92 Å². The molecule has 86 valence electrons. The lowest BCUT2D eigenvalue weighted by molar-refractivity contribution is -0.232. The van der Waals surface area contributed by atoms with Crippen LogP contribution >= 0.6 is 0 Å². The van der Waals surface area contributed by atoms with Crippen molar-refractivity contribution in [3.63, 3.8) is 0 Å². The second-order valence-corrected chi connectivity index (χ2v) is 4.84. The SMILES string of the molecule is O=C1O[C@H]2C3C4C=C[C@](C(F)(F)F)([C@H]43)[C@H]2O1. The van der Waals surface area contributed by atoms with E-state index in [9.17, 15) is 18.0 Å². The molecule has 1 heterocycles. The highest BCUT2D eigenvalue weighted by Crippen LogP contribution is 2.77. The van der Waals surface area contributed by atoms with Gasteiger partial charge in [-0.15, -0.1) is 0 Å². The van der Waals surface area contributed by atoms with Gasteiger partial charge in [-0.2, -0.15) is 13.2 Å². The molecule has 16 heavy (non-hydrogen) atoms. The van der Waals surface area contributed by atoms with Crippen LogP contribution in [0.3, 0.4) is 0 Å². The van der Waals surface area contributed by atoms with Gasteiger partial charge in [-0.1, -0.05) is 12.2 Å². The van der Waals surface area contributed by atoms with E-state index >= 15 is 0 Å². The maximum absolute atomic E-state index is 13.2. The van der Waals surface area contributed by atoms with E-state index in [0.29, 0.717) is 0 Å². The molecule has 0 spiro atoms. The number of hydrogen-bond donors (Lipinski definition) is 0. The van der Waals surface area contributed by atoms with Crippen molar-refractivity contribution in [3.05, 3.63) is 12.2 Å². The number of carbonyl (C=O) groups is 1. The lowest BCUT2D eigenvalue weighted by Crippen LogP contribution is -2.47. The molecule has 0 radical (unpaired) electrons. The highest BCUT2D eigenvalue weighted by atomic mass is 19.4. The van der Waals surface area contributed by atoms with Gasteiger partial charge in [0.15, 0.2) is 6.10 Å². The number of carbonyl (C=O) groups excluding carboxylic acids is 1. The van der Waals surface area contributed by atoms with Crippen LogP contribution in [0.15, 0.2) is 12.2 Å². The Balaban J connectivity index is 1.86. The van der Waals surface area contributed by atoms with E-state index < -0.39 is 35.9 Å². The van der Waals surface area contributed by atoms with Crippen molar-refractivity contribution in [2.75, 3.05) is 0 Å². The fourth-order valence-electron chi connectivity index (χ4n) is 3.80. The van der Waals surface area contributed by atoms with E-state index in [1.165, 1.54) is 6.08 Å². The number of ether oxygens (including phenoxy) is 2. The first-order valence-corrected chi connectivity index (χ1v) is 5.10. The number of hydrogen-bond acceptors (Lipinski definition) is 3. The third-order valence-electron chi connectivity index (χ3n) is 4.37. The summed E-state index contributed by atoms with van der Waals surface area (Å²) in [6.07, 6.45) is -4.47. The van der Waals surface area contributed by atoms with Gasteiger partial charge in [0.25, 0.3) is 0 Å². The second kappa shape index (κ2) is 2.10. The third kappa shape index (κ3) is 0.664. The molecular weight excluding hydrogens is 225 g/mol. The largest absolute Gasteiger partial charge is 0.509 e. The third-order valence-corrected chi connectivity index (χ3v) is 4.37. The first kappa shape index (κ1) is 8.90. The number of alkyl halides is 3. The van der Waals surface area contributed by atoms with Crippen LogP contribution in [-0.4, -0.2) is 24.5 Å². The summed E-state index contributed by atoms with van der Waals surface area (Å²) in [7, 11) is 0. The molecule has 0 aromatic heterocycles. The van der Waals surface area contributed by atoms with Crippen LogP contribution in [0, 0.1) is 23.2 Å². The first-order chi connectivity index (χ1) is 7.47. The number of fused-ring (bicyclic) bond motifs is 4. The molecule has 2 saturated carbocycles. The van der Waals surface area contributed by atoms with Crippen molar-refractivity contribution >= 4 is 6.16 Å². The van der Waals surface area contributed by atoms with Gasteiger partial charge < -0.3 is 9.47 Å². The van der Waals surface area contributed by atoms with Crippen LogP contribution in [0.4, 0.5) is 18.0 Å². The van der Waals surface area contributed by atoms with E-state index in [2.05, 4.69) is 0 Å². The lowest BCUT2D eigenvalue weighted by atomic mass is 9.81. The molecule has 3 fully saturated rings. The zero-order valence-electron chi connectivity index (χ0n) is 7.90. The minimum Gasteiger partial charge on any atom is -0.427 e. The summed E-state index contributed by atoms with van der Waals surface area (Å²) in [5.41, 5.74) is -1.99. The van der Waals surface area contributed by atoms with Crippen molar-refractivity contribution < 1.29 is 27.4 Å². The number of halogens is 3. The maximum atomic E-state index is 13.2. The zero-order valence-corrected chi connectivity index (χ0v) is 7.90. The fraction of sp³-hybridized carbons (Fsp3) is 0.700. The summed E-state index contributed by atoms with van der Waals surface area (Å²) in [5, 5.41) is 0. The molecular formula is C10H7F3O3. The minimum absolute atomic E-state index is 0.0858. The number of allylic oxidation sites excluding steroid dienone is 1. The van der Waals surface area contributed by atoms with E-state index in [-0.39, 0.29) is 11.8 Å². The Morgan fingerprint density at radius 2 is 2.06 bits per heavy atom. The molecule has 4 rings (SSSR count). The highest BCUT2D eigenvalue weighted by Gasteiger charge is 2.86. The first-order valence-electron chi connectivity index (χ1n) is 5.10. The standard InChI is InChI=1S/C10H7F3O3/c11-10(12,13)9-2-1-3-4(5(3)9)6-7(9)16-8(14)15-6/h1-7H/t3?,4?,5-,6+,7+,9+/m1/s1. The minimum atomic E-state index is -4.38. The molecule has 0 N–H and O–H groups in total. The van der Waals surface area contributed by atoms with Crippen LogP contribution in [0.2, 0.25) is 0 Å². The van der Waals surface area contributed by atoms with Crippen LogP contribution < -0.4 is 0 Å². The second-order valence-electron chi connectivity index (χ2n) is 4.84. The molecule has 3 nitrogen and oxygen atoms in total. The summed E-state index contributed by atoms with van der Waals surface area (Å²) >= 11 is 0. The summed E-state index contributed by atoms with van der Waals surface area (Å²) < 4.78 is 49.1. The Morgan fingerprint density at radius 1 is 1.31 bits per heavy atom. The summed E-state index contributed by atoms with van der Waals surface area (Å²) in [5.74, 6) is -0.754. The normalized spacial score (nSPS) is 55.7. The molecule has 0 bridgehead atoms. The molecule has 3 aliphatic carbocycles. The Kier molecular flexibility index (Phi) is 1.17. The summed E-state index contributed by atoms with van der Waals surface area (Å²) in [6.45, 7) is 0. The lowest BCUT2D eigenvalue weighted by Gasteiger charge is -2.32. The van der Waals surface area contributed by atoms with Crippen LogP contribution in [0.5, 0.6) is 0 Å². The van der Waals surface area contributed by atoms with Crippen molar-refractivity contribution in [2.45, 2.75) is 18.4 Å². The molecule has 2 unspecified atom stereocenters. The topological polar surface area (TPSA) is 35.5 Å². The Bertz CT molecular complexity index is 430. The van der Waals surface area contributed by atoms with Crippen LogP contribution in [-0.2, 0) is 9.47 Å². The molecule has 0 aromatic rings. The Hall–Kier alpha value is -1.20. The zero-order chi connectivity index (χ0) is 11.3. The Labute approximate surface area is 88.2 Å². The summed E-state index contributed by atoms with van der Waals surface area (Å²) in [6, 6.07) is 0. The average Bonchev–Trinajstić information content (AvgIpc) is 2.51. The molecule has 0 amide bonds. The fourth-order valence-corrected chi connectivity index (χ4v) is 3.80. The van der Waals surface area contributed by atoms with Crippen molar-refractivity contribution in [3.8, 4) is 0 Å². The molecule has 6 heteroatoms. The van der Waals surface area contributed by atoms with Crippen molar-refractivity contribution in [1.82, 2.24) is 0 Å².